The fraction of sp³-hybridized carbons (Fsp3) is 0.464. The van der Waals surface area contributed by atoms with E-state index in [1.807, 2.05) is 29.2 Å². The van der Waals surface area contributed by atoms with E-state index >= 15 is 0 Å². The molecule has 41 heavy (non-hydrogen) atoms. The van der Waals surface area contributed by atoms with Gasteiger partial charge < -0.3 is 29.4 Å². The summed E-state index contributed by atoms with van der Waals surface area (Å²) >= 11 is 1.27. The van der Waals surface area contributed by atoms with Crippen molar-refractivity contribution in [3.05, 3.63) is 24.3 Å². The average molecular weight is 580 g/mol. The van der Waals surface area contributed by atoms with E-state index in [1.165, 1.54) is 11.3 Å². The molecule has 2 amide bonds. The van der Waals surface area contributed by atoms with Gasteiger partial charge in [-0.2, -0.15) is 0 Å². The molecule has 0 radical (unpaired) electrons. The highest BCUT2D eigenvalue weighted by molar-refractivity contribution is 7.21. The van der Waals surface area contributed by atoms with E-state index in [4.69, 9.17) is 29.9 Å². The highest BCUT2D eigenvalue weighted by Gasteiger charge is 2.39. The van der Waals surface area contributed by atoms with Crippen molar-refractivity contribution in [1.29, 1.82) is 0 Å². The first-order valence-corrected chi connectivity index (χ1v) is 14.5. The Bertz CT molecular complexity index is 1640. The Balaban J connectivity index is 1.39. The molecule has 0 aliphatic carbocycles. The van der Waals surface area contributed by atoms with Gasteiger partial charge in [-0.25, -0.2) is 19.7 Å². The second-order valence-corrected chi connectivity index (χ2v) is 12.2. The van der Waals surface area contributed by atoms with Crippen LogP contribution < -0.4 is 20.7 Å². The number of nitrogens with one attached hydrogen (secondary N) is 1. The molecule has 3 aromatic heterocycles. The predicted molar refractivity (Wildman–Crippen MR) is 156 cm³/mol. The topological polar surface area (TPSA) is 147 Å². The van der Waals surface area contributed by atoms with Crippen LogP contribution in [0.5, 0.6) is 5.75 Å². The average Bonchev–Trinajstić information content (AvgIpc) is 3.59. The summed E-state index contributed by atoms with van der Waals surface area (Å²) in [6, 6.07) is 7.14. The monoisotopic (exact) mass is 579 g/mol. The zero-order valence-electron chi connectivity index (χ0n) is 23.5. The molecule has 6 rings (SSSR count). The van der Waals surface area contributed by atoms with Gasteiger partial charge in [-0.1, -0.05) is 11.3 Å². The van der Waals surface area contributed by atoms with E-state index in [0.29, 0.717) is 52.3 Å². The molecule has 0 unspecified atom stereocenters. The summed E-state index contributed by atoms with van der Waals surface area (Å²) in [7, 11) is 1.60. The quantitative estimate of drug-likeness (QED) is 0.353. The fourth-order valence-corrected chi connectivity index (χ4v) is 6.31. The van der Waals surface area contributed by atoms with Gasteiger partial charge in [0.15, 0.2) is 11.0 Å². The number of thiazole rings is 1. The molecule has 12 nitrogen and oxygen atoms in total. The number of aryl methyl sites for hydroxylation is 1. The first-order valence-electron chi connectivity index (χ1n) is 13.6. The Labute approximate surface area is 240 Å². The van der Waals surface area contributed by atoms with Gasteiger partial charge in [0.2, 0.25) is 5.91 Å². The molecular weight excluding hydrogens is 546 g/mol. The number of hydrogen-bond donors (Lipinski definition) is 2. The molecule has 2 aliphatic heterocycles. The molecule has 13 heteroatoms. The van der Waals surface area contributed by atoms with Crippen molar-refractivity contribution in [1.82, 2.24) is 19.5 Å². The number of nitrogens with two attached hydrogens (primary N) is 1. The minimum atomic E-state index is -0.614. The number of imidazole rings is 1. The first-order chi connectivity index (χ1) is 19.6. The molecule has 5 heterocycles. The number of hydrogen-bond acceptors (Lipinski definition) is 10. The molecule has 0 spiro atoms. The molecule has 2 aliphatic rings. The van der Waals surface area contributed by atoms with E-state index in [0.717, 1.165) is 36.1 Å². The first kappa shape index (κ1) is 27.2. The molecule has 2 atom stereocenters. The summed E-state index contributed by atoms with van der Waals surface area (Å²) in [6.45, 7) is 7.41. The van der Waals surface area contributed by atoms with Gasteiger partial charge in [-0.05, 0) is 58.2 Å². The number of nitrogens with zero attached hydrogens (tertiary/aromatic N) is 5. The van der Waals surface area contributed by atoms with Crippen LogP contribution in [0, 0.1) is 0 Å². The number of anilines is 2. The summed E-state index contributed by atoms with van der Waals surface area (Å²) in [5, 5.41) is 3.11. The number of benzene rings is 1. The number of fused-ring (bicyclic) bond motifs is 1. The maximum atomic E-state index is 12.4. The van der Waals surface area contributed by atoms with E-state index < -0.39 is 23.6 Å². The van der Waals surface area contributed by atoms with Crippen molar-refractivity contribution in [2.45, 2.75) is 64.3 Å². The number of methoxy groups -OCH3 is 1. The van der Waals surface area contributed by atoms with Crippen molar-refractivity contribution in [3.63, 3.8) is 0 Å². The number of rotatable bonds is 5. The van der Waals surface area contributed by atoms with Gasteiger partial charge in [0.05, 0.1) is 18.2 Å². The third-order valence-electron chi connectivity index (χ3n) is 7.19. The van der Waals surface area contributed by atoms with E-state index in [9.17, 15) is 9.59 Å². The second-order valence-electron chi connectivity index (χ2n) is 11.2. The van der Waals surface area contributed by atoms with E-state index in [2.05, 4.69) is 14.9 Å². The highest BCUT2D eigenvalue weighted by Crippen LogP contribution is 2.39. The zero-order chi connectivity index (χ0) is 28.9. The Morgan fingerprint density at radius 2 is 1.95 bits per heavy atom. The molecular formula is C28H33N7O5S. The standard InChI is InChI=1S/C28H33N7O5S/c1-28(2,3)40-27(37)33-26-32-17-8-7-16(31-25(17)41-26)24-30-18-13-15(34-11-9-19(38-4)22(34)23(29)36)14-20-21(18)35(24)10-5-6-12-39-20/h7-8,13-14,19,22H,5-6,9-12H2,1-4H3,(H2,29,36)(H,32,33,37)/t19-,22+/m1/s1. The normalized spacial score (nSPS) is 19.2. The Morgan fingerprint density at radius 1 is 1.12 bits per heavy atom. The van der Waals surface area contributed by atoms with Crippen molar-refractivity contribution in [2.24, 2.45) is 5.73 Å². The third kappa shape index (κ3) is 5.26. The van der Waals surface area contributed by atoms with Crippen molar-refractivity contribution >= 4 is 55.5 Å². The lowest BCUT2D eigenvalue weighted by Crippen LogP contribution is -2.46. The van der Waals surface area contributed by atoms with Crippen LogP contribution in [0.3, 0.4) is 0 Å². The molecule has 0 bridgehead atoms. The zero-order valence-corrected chi connectivity index (χ0v) is 24.3. The van der Waals surface area contributed by atoms with Crippen molar-refractivity contribution < 1.29 is 23.8 Å². The SMILES string of the molecule is CO[C@@H]1CCN(c2cc3c4c(c2)nc(-c2ccc5nc(NC(=O)OC(C)(C)C)sc5n2)n4CCCCO3)[C@@H]1C(N)=O. The predicted octanol–water partition coefficient (Wildman–Crippen LogP) is 4.31. The lowest BCUT2D eigenvalue weighted by molar-refractivity contribution is -0.121. The molecule has 216 valence electrons. The molecule has 4 aromatic rings. The third-order valence-corrected chi connectivity index (χ3v) is 8.07. The van der Waals surface area contributed by atoms with Gasteiger partial charge in [0.25, 0.3) is 0 Å². The van der Waals surface area contributed by atoms with Gasteiger partial charge in [-0.15, -0.1) is 0 Å². The number of carbonyl (C=O) groups excluding carboxylic acids is 2. The maximum absolute atomic E-state index is 12.4. The number of primary amides is 1. The van der Waals surface area contributed by atoms with Crippen LogP contribution >= 0.6 is 11.3 Å². The van der Waals surface area contributed by atoms with Crippen LogP contribution in [0.25, 0.3) is 32.9 Å². The smallest absolute Gasteiger partial charge is 0.413 e. The number of aromatic nitrogens is 4. The number of amides is 2. The highest BCUT2D eigenvalue weighted by atomic mass is 32.1. The lowest BCUT2D eigenvalue weighted by Gasteiger charge is -2.27. The Kier molecular flexibility index (Phi) is 6.94. The number of pyridine rings is 1. The summed E-state index contributed by atoms with van der Waals surface area (Å²) in [5.74, 6) is 0.998. The summed E-state index contributed by atoms with van der Waals surface area (Å²) in [4.78, 5) is 41.6. The van der Waals surface area contributed by atoms with Crippen LogP contribution in [0.2, 0.25) is 0 Å². The van der Waals surface area contributed by atoms with E-state index in [-0.39, 0.29) is 6.10 Å². The van der Waals surface area contributed by atoms with Crippen LogP contribution in [0.4, 0.5) is 15.6 Å². The maximum Gasteiger partial charge on any atom is 0.413 e. The fourth-order valence-electron chi connectivity index (χ4n) is 5.48. The summed E-state index contributed by atoms with van der Waals surface area (Å²) < 4.78 is 19.3. The summed E-state index contributed by atoms with van der Waals surface area (Å²) in [5.41, 5.74) is 8.97. The lowest BCUT2D eigenvalue weighted by atomic mass is 10.1. The van der Waals surface area contributed by atoms with Crippen LogP contribution in [-0.2, 0) is 20.8 Å². The van der Waals surface area contributed by atoms with E-state index in [1.54, 1.807) is 27.9 Å². The van der Waals surface area contributed by atoms with Crippen molar-refractivity contribution in [2.75, 3.05) is 30.5 Å². The van der Waals surface area contributed by atoms with Crippen LogP contribution in [0.15, 0.2) is 24.3 Å². The van der Waals surface area contributed by atoms with Gasteiger partial charge in [0, 0.05) is 32.0 Å². The second kappa shape index (κ2) is 10.5. The van der Waals surface area contributed by atoms with Crippen molar-refractivity contribution in [3.8, 4) is 17.3 Å². The van der Waals surface area contributed by atoms with Gasteiger partial charge >= 0.3 is 6.09 Å². The number of carbonyl (C=O) groups is 2. The molecule has 1 saturated heterocycles. The minimum absolute atomic E-state index is 0.274. The van der Waals surface area contributed by atoms with Gasteiger partial charge in [-0.3, -0.25) is 10.1 Å². The summed E-state index contributed by atoms with van der Waals surface area (Å²) in [6.07, 6.45) is 1.68. The Hall–Kier alpha value is -3.97. The van der Waals surface area contributed by atoms with Gasteiger partial charge in [0.1, 0.15) is 39.0 Å². The molecule has 0 saturated carbocycles. The molecule has 1 aromatic carbocycles. The molecule has 3 N–H and O–H groups in total. The van der Waals surface area contributed by atoms with Crippen LogP contribution in [-0.4, -0.2) is 69.5 Å². The number of ether oxygens (including phenoxy) is 3. The minimum Gasteiger partial charge on any atom is -0.491 e. The Morgan fingerprint density at radius 3 is 2.71 bits per heavy atom. The largest absolute Gasteiger partial charge is 0.491 e. The molecule has 1 fully saturated rings. The van der Waals surface area contributed by atoms with Crippen LogP contribution in [0.1, 0.15) is 40.0 Å².